The van der Waals surface area contributed by atoms with Crippen LogP contribution in [0.25, 0.3) is 0 Å². The summed E-state index contributed by atoms with van der Waals surface area (Å²) in [5.74, 6) is -1.63. The number of carboxylic acids is 1. The summed E-state index contributed by atoms with van der Waals surface area (Å²) in [6.07, 6.45) is 2.95. The molecular formula is C14H26N2O5S. The van der Waals surface area contributed by atoms with Crippen LogP contribution in [0.4, 0.5) is 0 Å². The largest absolute Gasteiger partial charge is 0.480 e. The van der Waals surface area contributed by atoms with Gasteiger partial charge in [0.05, 0.1) is 5.60 Å². The smallest absolute Gasteiger partial charge is 0.326 e. The Kier molecular flexibility index (Phi) is 9.12. The third-order valence-electron chi connectivity index (χ3n) is 2.98. The van der Waals surface area contributed by atoms with Crippen molar-refractivity contribution in [2.75, 3.05) is 12.0 Å². The van der Waals surface area contributed by atoms with Crippen molar-refractivity contribution in [3.8, 4) is 0 Å². The van der Waals surface area contributed by atoms with Gasteiger partial charge in [-0.25, -0.2) is 4.79 Å². The molecule has 7 nitrogen and oxygen atoms in total. The van der Waals surface area contributed by atoms with Gasteiger partial charge in [0.25, 0.3) is 0 Å². The van der Waals surface area contributed by atoms with Crippen molar-refractivity contribution in [1.29, 1.82) is 0 Å². The van der Waals surface area contributed by atoms with E-state index in [-0.39, 0.29) is 18.7 Å². The van der Waals surface area contributed by atoms with E-state index in [0.29, 0.717) is 12.2 Å². The van der Waals surface area contributed by atoms with Gasteiger partial charge in [-0.2, -0.15) is 11.8 Å². The van der Waals surface area contributed by atoms with E-state index in [0.717, 1.165) is 0 Å². The normalized spacial score (nSPS) is 14.0. The molecule has 2 unspecified atom stereocenters. The number of aliphatic hydroxyl groups is 1. The van der Waals surface area contributed by atoms with Crippen molar-refractivity contribution in [3.05, 3.63) is 0 Å². The molecule has 4 N–H and O–H groups in total. The average molecular weight is 334 g/mol. The minimum Gasteiger partial charge on any atom is -0.480 e. The number of rotatable bonds is 10. The van der Waals surface area contributed by atoms with Crippen LogP contribution in [-0.2, 0) is 14.4 Å². The second-order valence-corrected chi connectivity index (χ2v) is 6.57. The molecule has 0 heterocycles. The SMILES string of the molecule is CCCC(=O)NC(C(=O)NC(CCSC)C(=O)O)C(C)(C)O. The Morgan fingerprint density at radius 3 is 2.23 bits per heavy atom. The first kappa shape index (κ1) is 20.7. The Morgan fingerprint density at radius 1 is 1.23 bits per heavy atom. The van der Waals surface area contributed by atoms with Crippen LogP contribution < -0.4 is 10.6 Å². The van der Waals surface area contributed by atoms with Gasteiger partial charge in [-0.3, -0.25) is 9.59 Å². The van der Waals surface area contributed by atoms with Gasteiger partial charge in [-0.05, 0) is 38.7 Å². The number of thioether (sulfide) groups is 1. The van der Waals surface area contributed by atoms with Gasteiger partial charge in [0.1, 0.15) is 12.1 Å². The third-order valence-corrected chi connectivity index (χ3v) is 3.62. The predicted octanol–water partition coefficient (Wildman–Crippen LogP) is 0.365. The van der Waals surface area contributed by atoms with Gasteiger partial charge in [-0.1, -0.05) is 6.92 Å². The maximum absolute atomic E-state index is 12.3. The van der Waals surface area contributed by atoms with E-state index in [4.69, 9.17) is 5.11 Å². The number of carboxylic acid groups (broad SMARTS) is 1. The zero-order valence-corrected chi connectivity index (χ0v) is 14.3. The van der Waals surface area contributed by atoms with Crippen LogP contribution in [0.3, 0.4) is 0 Å². The summed E-state index contributed by atoms with van der Waals surface area (Å²) >= 11 is 1.47. The van der Waals surface area contributed by atoms with E-state index < -0.39 is 29.6 Å². The van der Waals surface area contributed by atoms with Crippen LogP contribution >= 0.6 is 11.8 Å². The van der Waals surface area contributed by atoms with Crippen molar-refractivity contribution >= 4 is 29.5 Å². The van der Waals surface area contributed by atoms with Crippen LogP contribution in [0.15, 0.2) is 0 Å². The van der Waals surface area contributed by atoms with Gasteiger partial charge in [0.15, 0.2) is 0 Å². The predicted molar refractivity (Wildman–Crippen MR) is 85.7 cm³/mol. The standard InChI is InChI=1S/C14H26N2O5S/c1-5-6-10(17)16-11(14(2,3)21)12(18)15-9(13(19)20)7-8-22-4/h9,11,21H,5-8H2,1-4H3,(H,15,18)(H,16,17)(H,19,20). The molecule has 0 radical (unpaired) electrons. The fourth-order valence-corrected chi connectivity index (χ4v) is 2.24. The highest BCUT2D eigenvalue weighted by molar-refractivity contribution is 7.98. The number of nitrogens with one attached hydrogen (secondary N) is 2. The zero-order valence-electron chi connectivity index (χ0n) is 13.5. The number of carbonyl (C=O) groups is 3. The highest BCUT2D eigenvalue weighted by Crippen LogP contribution is 2.11. The maximum Gasteiger partial charge on any atom is 0.326 e. The van der Waals surface area contributed by atoms with E-state index in [1.54, 1.807) is 0 Å². The Labute approximate surface area is 135 Å². The molecule has 0 fully saturated rings. The lowest BCUT2D eigenvalue weighted by Crippen LogP contribution is -2.60. The molecule has 0 aromatic heterocycles. The first-order valence-electron chi connectivity index (χ1n) is 7.17. The molecule has 0 bridgehead atoms. The molecule has 0 aromatic rings. The van der Waals surface area contributed by atoms with Gasteiger partial charge in [0.2, 0.25) is 11.8 Å². The summed E-state index contributed by atoms with van der Waals surface area (Å²) in [5, 5.41) is 24.0. The van der Waals surface area contributed by atoms with Crippen LogP contribution in [0.1, 0.15) is 40.0 Å². The summed E-state index contributed by atoms with van der Waals surface area (Å²) < 4.78 is 0. The Balaban J connectivity index is 4.95. The quantitative estimate of drug-likeness (QED) is 0.459. The van der Waals surface area contributed by atoms with E-state index in [9.17, 15) is 19.5 Å². The van der Waals surface area contributed by atoms with Crippen molar-refractivity contribution in [2.24, 2.45) is 0 Å². The zero-order chi connectivity index (χ0) is 17.3. The third kappa shape index (κ3) is 7.65. The van der Waals surface area contributed by atoms with E-state index in [2.05, 4.69) is 10.6 Å². The van der Waals surface area contributed by atoms with Crippen LogP contribution in [0, 0.1) is 0 Å². The topological polar surface area (TPSA) is 116 Å². The van der Waals surface area contributed by atoms with Crippen LogP contribution in [-0.4, -0.2) is 57.7 Å². The number of hydrogen-bond acceptors (Lipinski definition) is 5. The molecule has 0 saturated carbocycles. The van der Waals surface area contributed by atoms with Gasteiger partial charge >= 0.3 is 5.97 Å². The minimum atomic E-state index is -1.50. The van der Waals surface area contributed by atoms with E-state index >= 15 is 0 Å². The second-order valence-electron chi connectivity index (χ2n) is 5.59. The first-order valence-corrected chi connectivity index (χ1v) is 8.56. The Hall–Kier alpha value is -1.28. The summed E-state index contributed by atoms with van der Waals surface area (Å²) in [4.78, 5) is 35.1. The molecule has 0 aliphatic heterocycles. The number of aliphatic carboxylic acids is 1. The maximum atomic E-state index is 12.3. The van der Waals surface area contributed by atoms with Crippen molar-refractivity contribution in [3.63, 3.8) is 0 Å². The molecule has 0 aliphatic carbocycles. The summed E-state index contributed by atoms with van der Waals surface area (Å²) in [5.41, 5.74) is -1.50. The van der Waals surface area contributed by atoms with Crippen molar-refractivity contribution in [1.82, 2.24) is 10.6 Å². The molecule has 2 atom stereocenters. The Morgan fingerprint density at radius 2 is 1.82 bits per heavy atom. The lowest BCUT2D eigenvalue weighted by molar-refractivity contribution is -0.144. The molecule has 0 spiro atoms. The number of carbonyl (C=O) groups excluding carboxylic acids is 2. The summed E-state index contributed by atoms with van der Waals surface area (Å²) in [6.45, 7) is 4.60. The van der Waals surface area contributed by atoms with Gasteiger partial charge in [-0.15, -0.1) is 0 Å². The molecule has 2 amide bonds. The minimum absolute atomic E-state index is 0.231. The average Bonchev–Trinajstić information content (AvgIpc) is 2.39. The van der Waals surface area contributed by atoms with Crippen molar-refractivity contribution in [2.45, 2.75) is 57.7 Å². The molecule has 128 valence electrons. The number of amides is 2. The monoisotopic (exact) mass is 334 g/mol. The first-order chi connectivity index (χ1) is 10.1. The fraction of sp³-hybridized carbons (Fsp3) is 0.786. The molecule has 22 heavy (non-hydrogen) atoms. The lowest BCUT2D eigenvalue weighted by Gasteiger charge is -2.30. The second kappa shape index (κ2) is 9.68. The highest BCUT2D eigenvalue weighted by Gasteiger charge is 2.36. The molecule has 8 heteroatoms. The number of hydrogen-bond donors (Lipinski definition) is 4. The molecule has 0 aromatic carbocycles. The van der Waals surface area contributed by atoms with Crippen LogP contribution in [0.5, 0.6) is 0 Å². The molecule has 0 aliphatic rings. The van der Waals surface area contributed by atoms with Crippen LogP contribution in [0.2, 0.25) is 0 Å². The molecule has 0 rings (SSSR count). The highest BCUT2D eigenvalue weighted by atomic mass is 32.2. The van der Waals surface area contributed by atoms with Crippen molar-refractivity contribution < 1.29 is 24.6 Å². The Bertz CT molecular complexity index is 395. The van der Waals surface area contributed by atoms with E-state index in [1.807, 2.05) is 13.2 Å². The van der Waals surface area contributed by atoms with Gasteiger partial charge in [0, 0.05) is 6.42 Å². The van der Waals surface area contributed by atoms with Gasteiger partial charge < -0.3 is 20.8 Å². The summed E-state index contributed by atoms with van der Waals surface area (Å²) in [7, 11) is 0. The molecule has 0 saturated heterocycles. The summed E-state index contributed by atoms with van der Waals surface area (Å²) in [6, 6.07) is -2.25. The fourth-order valence-electron chi connectivity index (χ4n) is 1.77. The van der Waals surface area contributed by atoms with E-state index in [1.165, 1.54) is 25.6 Å². The lowest BCUT2D eigenvalue weighted by atomic mass is 9.97. The molecular weight excluding hydrogens is 308 g/mol.